The van der Waals surface area contributed by atoms with Gasteiger partial charge in [0.1, 0.15) is 23.4 Å². The van der Waals surface area contributed by atoms with E-state index >= 15 is 0 Å². The standard InChI is InChI=1S/C20H19N7O6S/c1-10(9-28)32-16-11(15-12(31-2)4-3-6-22-15)8-13(33-18(16)30)17(29)24-19-25-26-20(34-19)27-14(21)5-7-23-27/h3-8,10,28H,9,21H2,1-2H3,(H,24,25,29)/t10-/m0/s1. The summed E-state index contributed by atoms with van der Waals surface area (Å²) in [5.41, 5.74) is 5.27. The van der Waals surface area contributed by atoms with Gasteiger partial charge in [-0.3, -0.25) is 15.1 Å². The first kappa shape index (κ1) is 22.9. The molecule has 0 saturated carbocycles. The summed E-state index contributed by atoms with van der Waals surface area (Å²) in [6.45, 7) is 1.22. The second-order valence-electron chi connectivity index (χ2n) is 6.82. The summed E-state index contributed by atoms with van der Waals surface area (Å²) in [6, 6.07) is 6.18. The van der Waals surface area contributed by atoms with Crippen LogP contribution in [0.5, 0.6) is 11.5 Å². The molecular formula is C20H19N7O6S. The Morgan fingerprint density at radius 1 is 1.35 bits per heavy atom. The number of pyridine rings is 1. The number of ether oxygens (including phenoxy) is 2. The van der Waals surface area contributed by atoms with Crippen LogP contribution < -0.4 is 26.1 Å². The molecule has 14 heteroatoms. The van der Waals surface area contributed by atoms with Crippen molar-refractivity contribution in [1.29, 1.82) is 0 Å². The van der Waals surface area contributed by atoms with Crippen molar-refractivity contribution in [2.45, 2.75) is 13.0 Å². The summed E-state index contributed by atoms with van der Waals surface area (Å²) in [5, 5.41) is 24.2. The molecule has 0 aliphatic heterocycles. The highest BCUT2D eigenvalue weighted by molar-refractivity contribution is 7.17. The summed E-state index contributed by atoms with van der Waals surface area (Å²) >= 11 is 1.01. The number of aromatic nitrogens is 5. The van der Waals surface area contributed by atoms with Crippen molar-refractivity contribution in [1.82, 2.24) is 25.0 Å². The number of rotatable bonds is 8. The topological polar surface area (TPSA) is 181 Å². The maximum atomic E-state index is 12.9. The number of aliphatic hydroxyl groups is 1. The van der Waals surface area contributed by atoms with Crippen LogP contribution in [0.15, 0.2) is 45.9 Å². The third-order valence-electron chi connectivity index (χ3n) is 4.44. The highest BCUT2D eigenvalue weighted by Gasteiger charge is 2.24. The minimum Gasteiger partial charge on any atom is -0.494 e. The van der Waals surface area contributed by atoms with Crippen molar-refractivity contribution in [3.8, 4) is 27.9 Å². The van der Waals surface area contributed by atoms with Gasteiger partial charge in [-0.1, -0.05) is 11.3 Å². The van der Waals surface area contributed by atoms with E-state index in [0.717, 1.165) is 11.3 Å². The summed E-state index contributed by atoms with van der Waals surface area (Å²) in [7, 11) is 1.44. The fourth-order valence-corrected chi connectivity index (χ4v) is 3.58. The van der Waals surface area contributed by atoms with Crippen LogP contribution in [0.25, 0.3) is 16.4 Å². The molecule has 1 amide bonds. The largest absolute Gasteiger partial charge is 0.494 e. The van der Waals surface area contributed by atoms with Crippen molar-refractivity contribution in [2.75, 3.05) is 24.8 Å². The molecule has 0 aliphatic rings. The molecule has 4 N–H and O–H groups in total. The van der Waals surface area contributed by atoms with E-state index in [0.29, 0.717) is 16.7 Å². The van der Waals surface area contributed by atoms with Crippen molar-refractivity contribution >= 4 is 28.2 Å². The van der Waals surface area contributed by atoms with E-state index < -0.39 is 17.6 Å². The zero-order valence-corrected chi connectivity index (χ0v) is 18.8. The van der Waals surface area contributed by atoms with Crippen LogP contribution in [0, 0.1) is 0 Å². The normalized spacial score (nSPS) is 11.7. The number of methoxy groups -OCH3 is 1. The van der Waals surface area contributed by atoms with E-state index in [9.17, 15) is 14.7 Å². The minimum absolute atomic E-state index is 0.128. The van der Waals surface area contributed by atoms with Gasteiger partial charge in [0.05, 0.1) is 25.5 Å². The van der Waals surface area contributed by atoms with Crippen LogP contribution in [0.1, 0.15) is 17.5 Å². The second-order valence-corrected chi connectivity index (χ2v) is 7.77. The molecule has 34 heavy (non-hydrogen) atoms. The van der Waals surface area contributed by atoms with Crippen LogP contribution in [-0.4, -0.2) is 55.8 Å². The maximum Gasteiger partial charge on any atom is 0.379 e. The number of carbonyl (C=O) groups is 1. The molecule has 0 fully saturated rings. The van der Waals surface area contributed by atoms with Crippen molar-refractivity contribution in [2.24, 2.45) is 0 Å². The van der Waals surface area contributed by atoms with Gasteiger partial charge in [0.15, 0.2) is 5.76 Å². The van der Waals surface area contributed by atoms with Gasteiger partial charge in [-0.2, -0.15) is 9.78 Å². The number of hydrogen-bond acceptors (Lipinski definition) is 12. The van der Waals surface area contributed by atoms with E-state index in [1.165, 1.54) is 30.3 Å². The Morgan fingerprint density at radius 3 is 2.88 bits per heavy atom. The molecule has 4 aromatic rings. The predicted molar refractivity (Wildman–Crippen MR) is 121 cm³/mol. The van der Waals surface area contributed by atoms with Gasteiger partial charge in [-0.15, -0.1) is 10.2 Å². The van der Waals surface area contributed by atoms with Crippen LogP contribution in [0.4, 0.5) is 10.9 Å². The molecule has 0 bridgehead atoms. The number of anilines is 2. The van der Waals surface area contributed by atoms with Gasteiger partial charge in [0.25, 0.3) is 5.91 Å². The summed E-state index contributed by atoms with van der Waals surface area (Å²) in [5.74, 6) is -0.617. The zero-order chi connectivity index (χ0) is 24.2. The van der Waals surface area contributed by atoms with E-state index in [-0.39, 0.29) is 34.5 Å². The van der Waals surface area contributed by atoms with Gasteiger partial charge in [-0.05, 0) is 19.1 Å². The van der Waals surface area contributed by atoms with E-state index in [2.05, 4.69) is 25.6 Å². The molecule has 4 aromatic heterocycles. The molecule has 1 atom stereocenters. The molecule has 4 rings (SSSR count). The van der Waals surface area contributed by atoms with Gasteiger partial charge in [0, 0.05) is 18.3 Å². The molecule has 0 saturated heterocycles. The van der Waals surface area contributed by atoms with Crippen molar-refractivity contribution in [3.63, 3.8) is 0 Å². The third-order valence-corrected chi connectivity index (χ3v) is 5.26. The maximum absolute atomic E-state index is 12.9. The quantitative estimate of drug-likeness (QED) is 0.328. The van der Waals surface area contributed by atoms with Gasteiger partial charge in [0.2, 0.25) is 16.0 Å². The summed E-state index contributed by atoms with van der Waals surface area (Å²) < 4.78 is 17.4. The molecule has 176 valence electrons. The molecule has 0 unspecified atom stereocenters. The smallest absolute Gasteiger partial charge is 0.379 e. The average Bonchev–Trinajstić information content (AvgIpc) is 3.48. The Morgan fingerprint density at radius 2 is 2.18 bits per heavy atom. The van der Waals surface area contributed by atoms with Crippen molar-refractivity contribution < 1.29 is 23.8 Å². The molecule has 0 spiro atoms. The molecular weight excluding hydrogens is 466 g/mol. The first-order valence-electron chi connectivity index (χ1n) is 9.81. The molecule has 13 nitrogen and oxygen atoms in total. The fourth-order valence-electron chi connectivity index (χ4n) is 2.86. The number of hydrogen-bond donors (Lipinski definition) is 3. The molecule has 0 aliphatic carbocycles. The third kappa shape index (κ3) is 4.57. The number of nitrogens with zero attached hydrogens (tertiary/aromatic N) is 5. The van der Waals surface area contributed by atoms with Crippen molar-refractivity contribution in [3.05, 3.63) is 52.8 Å². The average molecular weight is 485 g/mol. The number of nitrogens with two attached hydrogens (primary N) is 1. The lowest BCUT2D eigenvalue weighted by Crippen LogP contribution is -2.22. The van der Waals surface area contributed by atoms with Crippen LogP contribution in [-0.2, 0) is 0 Å². The van der Waals surface area contributed by atoms with Gasteiger partial charge < -0.3 is 24.7 Å². The van der Waals surface area contributed by atoms with Crippen LogP contribution >= 0.6 is 11.3 Å². The van der Waals surface area contributed by atoms with E-state index in [1.54, 1.807) is 25.1 Å². The molecule has 4 heterocycles. The number of carbonyl (C=O) groups excluding carboxylic acids is 1. The fraction of sp³-hybridized carbons (Fsp3) is 0.200. The van der Waals surface area contributed by atoms with Gasteiger partial charge >= 0.3 is 5.63 Å². The lowest BCUT2D eigenvalue weighted by molar-refractivity contribution is 0.0986. The first-order valence-corrected chi connectivity index (χ1v) is 10.6. The first-order chi connectivity index (χ1) is 16.4. The monoisotopic (exact) mass is 485 g/mol. The zero-order valence-electron chi connectivity index (χ0n) is 18.0. The predicted octanol–water partition coefficient (Wildman–Crippen LogP) is 1.34. The Hall–Kier alpha value is -4.30. The van der Waals surface area contributed by atoms with Crippen LogP contribution in [0.2, 0.25) is 0 Å². The van der Waals surface area contributed by atoms with Gasteiger partial charge in [-0.25, -0.2) is 4.79 Å². The number of amides is 1. The number of nitrogens with one attached hydrogen (secondary N) is 1. The molecule has 0 radical (unpaired) electrons. The Bertz CT molecular complexity index is 1380. The molecule has 0 aromatic carbocycles. The number of nitrogen functional groups attached to an aromatic ring is 1. The van der Waals surface area contributed by atoms with E-state index in [1.807, 2.05) is 0 Å². The Labute approximate surface area is 195 Å². The highest BCUT2D eigenvalue weighted by Crippen LogP contribution is 2.34. The van der Waals surface area contributed by atoms with E-state index in [4.69, 9.17) is 19.6 Å². The van der Waals surface area contributed by atoms with Crippen LogP contribution in [0.3, 0.4) is 0 Å². The summed E-state index contributed by atoms with van der Waals surface area (Å²) in [6.07, 6.45) is 2.28. The second kappa shape index (κ2) is 9.68. The lowest BCUT2D eigenvalue weighted by Gasteiger charge is -2.16. The minimum atomic E-state index is -0.932. The number of aliphatic hydroxyl groups excluding tert-OH is 1. The lowest BCUT2D eigenvalue weighted by atomic mass is 10.1. The Kier molecular flexibility index (Phi) is 6.51. The SMILES string of the molecule is COc1cccnc1-c1cc(C(=O)Nc2nnc(-n3nccc3N)s2)oc(=O)c1O[C@@H](C)CO. The highest BCUT2D eigenvalue weighted by atomic mass is 32.1. The Balaban J connectivity index is 1.70. The summed E-state index contributed by atoms with van der Waals surface area (Å²) in [4.78, 5) is 29.9.